The summed E-state index contributed by atoms with van der Waals surface area (Å²) in [7, 11) is 0. The van der Waals surface area contributed by atoms with Crippen LogP contribution in [0.25, 0.3) is 0 Å². The van der Waals surface area contributed by atoms with Crippen LogP contribution in [0.15, 0.2) is 23.7 Å². The van der Waals surface area contributed by atoms with Crippen molar-refractivity contribution in [1.29, 1.82) is 0 Å². The van der Waals surface area contributed by atoms with E-state index in [4.69, 9.17) is 17.2 Å². The van der Waals surface area contributed by atoms with Gasteiger partial charge < -0.3 is 17.2 Å². The molecule has 0 aliphatic heterocycles. The Morgan fingerprint density at radius 3 is 2.00 bits per heavy atom. The molecule has 0 aliphatic carbocycles. The third kappa shape index (κ3) is 2.12. The molecule has 8 heavy (non-hydrogen) atoms. The lowest BCUT2D eigenvalue weighted by molar-refractivity contribution is 1.21. The van der Waals surface area contributed by atoms with Crippen molar-refractivity contribution in [2.75, 3.05) is 0 Å². The molecule has 0 unspecified atom stereocenters. The van der Waals surface area contributed by atoms with Gasteiger partial charge in [-0.2, -0.15) is 0 Å². The van der Waals surface area contributed by atoms with Crippen LogP contribution in [0.1, 0.15) is 6.92 Å². The van der Waals surface area contributed by atoms with Crippen molar-refractivity contribution in [2.45, 2.75) is 6.92 Å². The Morgan fingerprint density at radius 2 is 1.88 bits per heavy atom. The highest BCUT2D eigenvalue weighted by atomic mass is 14.7. The molecule has 0 rings (SSSR count). The molecule has 3 nitrogen and oxygen atoms in total. The highest BCUT2D eigenvalue weighted by molar-refractivity contribution is 5.17. The number of hydrogen-bond donors (Lipinski definition) is 3. The van der Waals surface area contributed by atoms with Gasteiger partial charge in [-0.25, -0.2) is 0 Å². The van der Waals surface area contributed by atoms with E-state index in [1.165, 1.54) is 6.20 Å². The largest absolute Gasteiger partial charge is 0.405 e. The zero-order valence-electron chi connectivity index (χ0n) is 4.89. The van der Waals surface area contributed by atoms with Gasteiger partial charge in [-0.05, 0) is 19.2 Å². The summed E-state index contributed by atoms with van der Waals surface area (Å²) < 4.78 is 0. The van der Waals surface area contributed by atoms with E-state index in [1.54, 1.807) is 13.0 Å². The predicted molar refractivity (Wildman–Crippen MR) is 34.4 cm³/mol. The van der Waals surface area contributed by atoms with E-state index >= 15 is 0 Å². The normalized spacial score (nSPS) is 14.1. The average molecular weight is 113 g/mol. The highest BCUT2D eigenvalue weighted by Crippen LogP contribution is 1.88. The van der Waals surface area contributed by atoms with Gasteiger partial charge in [0.05, 0.1) is 5.70 Å². The van der Waals surface area contributed by atoms with Gasteiger partial charge in [-0.15, -0.1) is 0 Å². The van der Waals surface area contributed by atoms with Gasteiger partial charge in [-0.3, -0.25) is 0 Å². The maximum absolute atomic E-state index is 5.31. The Balaban J connectivity index is 4.00. The van der Waals surface area contributed by atoms with E-state index in [9.17, 15) is 0 Å². The molecule has 46 valence electrons. The second kappa shape index (κ2) is 2.96. The molecule has 0 amide bonds. The fourth-order valence-corrected chi connectivity index (χ4v) is 0.235. The van der Waals surface area contributed by atoms with Crippen molar-refractivity contribution in [3.8, 4) is 0 Å². The zero-order chi connectivity index (χ0) is 6.57. The second-order valence-corrected chi connectivity index (χ2v) is 1.50. The number of rotatable bonds is 1. The van der Waals surface area contributed by atoms with E-state index in [0.29, 0.717) is 11.4 Å². The molecule has 0 atom stereocenters. The Morgan fingerprint density at radius 1 is 1.38 bits per heavy atom. The molecule has 0 aromatic rings. The van der Waals surface area contributed by atoms with E-state index in [2.05, 4.69) is 0 Å². The number of hydrogen-bond acceptors (Lipinski definition) is 3. The van der Waals surface area contributed by atoms with Crippen LogP contribution < -0.4 is 17.2 Å². The van der Waals surface area contributed by atoms with Crippen molar-refractivity contribution in [3.63, 3.8) is 0 Å². The number of nitrogens with two attached hydrogens (primary N) is 3. The molecule has 0 heterocycles. The molecule has 6 N–H and O–H groups in total. The third-order valence-electron chi connectivity index (χ3n) is 0.731. The number of allylic oxidation sites excluding steroid dienone is 2. The molecule has 0 saturated heterocycles. The van der Waals surface area contributed by atoms with Crippen molar-refractivity contribution >= 4 is 0 Å². The molecule has 0 spiro atoms. The molecule has 0 radical (unpaired) electrons. The van der Waals surface area contributed by atoms with Crippen LogP contribution in [-0.4, -0.2) is 0 Å². The molecule has 3 heteroatoms. The fraction of sp³-hybridized carbons (Fsp3) is 0.200. The van der Waals surface area contributed by atoms with Gasteiger partial charge in [0.15, 0.2) is 0 Å². The van der Waals surface area contributed by atoms with E-state index in [1.807, 2.05) is 0 Å². The minimum Gasteiger partial charge on any atom is -0.405 e. The summed E-state index contributed by atoms with van der Waals surface area (Å²) in [6, 6.07) is 0. The minimum atomic E-state index is 0.521. The molecule has 0 saturated carbocycles. The second-order valence-electron chi connectivity index (χ2n) is 1.50. The smallest absolute Gasteiger partial charge is 0.0516 e. The summed E-state index contributed by atoms with van der Waals surface area (Å²) in [6.07, 6.45) is 2.90. The van der Waals surface area contributed by atoms with E-state index in [0.717, 1.165) is 0 Å². The van der Waals surface area contributed by atoms with Crippen molar-refractivity contribution in [1.82, 2.24) is 0 Å². The van der Waals surface area contributed by atoms with Crippen LogP contribution in [0.3, 0.4) is 0 Å². The molecule has 0 aliphatic rings. The van der Waals surface area contributed by atoms with Crippen molar-refractivity contribution < 1.29 is 0 Å². The van der Waals surface area contributed by atoms with Crippen LogP contribution in [0.5, 0.6) is 0 Å². The summed E-state index contributed by atoms with van der Waals surface area (Å²) in [5.41, 5.74) is 16.7. The Hall–Kier alpha value is -1.12. The molecule has 0 fully saturated rings. The van der Waals surface area contributed by atoms with Gasteiger partial charge >= 0.3 is 0 Å². The standard InChI is InChI=1S/C5H11N3/c1-4(7)5(8)2-3-6/h2-3H,6-8H2,1H3/b3-2-,5-4+. The first-order valence-corrected chi connectivity index (χ1v) is 2.28. The molecule has 0 bridgehead atoms. The lowest BCUT2D eigenvalue weighted by Crippen LogP contribution is -2.04. The maximum atomic E-state index is 5.31. The van der Waals surface area contributed by atoms with Crippen LogP contribution in [-0.2, 0) is 0 Å². The summed E-state index contributed by atoms with van der Waals surface area (Å²) in [6.45, 7) is 1.72. The van der Waals surface area contributed by atoms with Gasteiger partial charge in [0.2, 0.25) is 0 Å². The summed E-state index contributed by atoms with van der Waals surface area (Å²) in [4.78, 5) is 0. The minimum absolute atomic E-state index is 0.521. The monoisotopic (exact) mass is 113 g/mol. The van der Waals surface area contributed by atoms with Gasteiger partial charge in [0.25, 0.3) is 0 Å². The van der Waals surface area contributed by atoms with Crippen molar-refractivity contribution in [2.24, 2.45) is 17.2 Å². The quantitative estimate of drug-likeness (QED) is 0.405. The highest BCUT2D eigenvalue weighted by Gasteiger charge is 1.82. The first-order valence-electron chi connectivity index (χ1n) is 2.28. The maximum Gasteiger partial charge on any atom is 0.0516 e. The van der Waals surface area contributed by atoms with E-state index in [-0.39, 0.29) is 0 Å². The lowest BCUT2D eigenvalue weighted by Gasteiger charge is -1.92. The van der Waals surface area contributed by atoms with Crippen LogP contribution >= 0.6 is 0 Å². The third-order valence-corrected chi connectivity index (χ3v) is 0.731. The van der Waals surface area contributed by atoms with Gasteiger partial charge in [0.1, 0.15) is 0 Å². The Labute approximate surface area is 48.8 Å². The van der Waals surface area contributed by atoms with Gasteiger partial charge in [-0.1, -0.05) is 0 Å². The zero-order valence-corrected chi connectivity index (χ0v) is 4.89. The first kappa shape index (κ1) is 6.88. The van der Waals surface area contributed by atoms with Crippen LogP contribution in [0.4, 0.5) is 0 Å². The SMILES string of the molecule is C/C(N)=C(N)/C=C\N. The average Bonchev–Trinajstić information content (AvgIpc) is 1.67. The van der Waals surface area contributed by atoms with Crippen molar-refractivity contribution in [3.05, 3.63) is 23.7 Å². The molecule has 0 aromatic heterocycles. The summed E-state index contributed by atoms with van der Waals surface area (Å²) in [5, 5.41) is 0. The topological polar surface area (TPSA) is 78.1 Å². The van der Waals surface area contributed by atoms with E-state index < -0.39 is 0 Å². The molecule has 0 aromatic carbocycles. The summed E-state index contributed by atoms with van der Waals surface area (Å²) in [5.74, 6) is 0. The fourth-order valence-electron chi connectivity index (χ4n) is 0.235. The molecular formula is C5H11N3. The summed E-state index contributed by atoms with van der Waals surface area (Å²) >= 11 is 0. The Bertz CT molecular complexity index is 120. The molecular weight excluding hydrogens is 102 g/mol. The predicted octanol–water partition coefficient (Wildman–Crippen LogP) is -0.392. The van der Waals surface area contributed by atoms with Crippen LogP contribution in [0, 0.1) is 0 Å². The van der Waals surface area contributed by atoms with Gasteiger partial charge in [0, 0.05) is 5.70 Å². The Kier molecular flexibility index (Phi) is 2.54. The first-order chi connectivity index (χ1) is 3.68. The van der Waals surface area contributed by atoms with Crippen LogP contribution in [0.2, 0.25) is 0 Å². The lowest BCUT2D eigenvalue weighted by atomic mass is 10.3.